The van der Waals surface area contributed by atoms with Crippen molar-refractivity contribution in [1.29, 1.82) is 0 Å². The molecule has 116 valence electrons. The lowest BCUT2D eigenvalue weighted by Crippen LogP contribution is -2.32. The van der Waals surface area contributed by atoms with E-state index in [1.165, 1.54) is 12.8 Å². The molecule has 1 aromatic heterocycles. The minimum atomic E-state index is -0.0211. The number of amides is 1. The highest BCUT2D eigenvalue weighted by Crippen LogP contribution is 2.19. The van der Waals surface area contributed by atoms with Crippen molar-refractivity contribution in [1.82, 2.24) is 15.5 Å². The molecule has 1 aliphatic rings. The quantitative estimate of drug-likeness (QED) is 0.918. The molecule has 0 aliphatic heterocycles. The van der Waals surface area contributed by atoms with Crippen LogP contribution in [0.25, 0.3) is 0 Å². The Balaban J connectivity index is 1.54. The van der Waals surface area contributed by atoms with Gasteiger partial charge in [0.15, 0.2) is 6.61 Å². The molecule has 0 radical (unpaired) electrons. The molecule has 1 saturated carbocycles. The monoisotopic (exact) mass is 301 g/mol. The average Bonchev–Trinajstić information content (AvgIpc) is 3.17. The molecular weight excluding hydrogens is 282 g/mol. The van der Waals surface area contributed by atoms with Gasteiger partial charge in [-0.3, -0.25) is 4.79 Å². The SMILES string of the molecule is Cc1nc(COc2ccc(C(=O)NC3CCCC3)cc2)no1. The molecule has 1 N–H and O–H groups in total. The van der Waals surface area contributed by atoms with Crippen molar-refractivity contribution >= 4 is 5.91 Å². The van der Waals surface area contributed by atoms with E-state index in [9.17, 15) is 4.79 Å². The summed E-state index contributed by atoms with van der Waals surface area (Å²) in [7, 11) is 0. The maximum absolute atomic E-state index is 12.1. The number of benzene rings is 1. The number of rotatable bonds is 5. The van der Waals surface area contributed by atoms with Gasteiger partial charge >= 0.3 is 0 Å². The predicted molar refractivity (Wildman–Crippen MR) is 79.5 cm³/mol. The standard InChI is InChI=1S/C16H19N3O3/c1-11-17-15(19-22-11)10-21-14-8-6-12(7-9-14)16(20)18-13-4-2-3-5-13/h6-9,13H,2-5,10H2,1H3,(H,18,20). The lowest BCUT2D eigenvalue weighted by atomic mass is 10.1. The van der Waals surface area contributed by atoms with Crippen molar-refractivity contribution in [3.8, 4) is 5.75 Å². The Hall–Kier alpha value is -2.37. The topological polar surface area (TPSA) is 77.2 Å². The van der Waals surface area contributed by atoms with E-state index in [4.69, 9.17) is 9.26 Å². The summed E-state index contributed by atoms with van der Waals surface area (Å²) in [5, 5.41) is 6.82. The molecule has 1 fully saturated rings. The number of carbonyl (C=O) groups is 1. The fraction of sp³-hybridized carbons (Fsp3) is 0.438. The van der Waals surface area contributed by atoms with Gasteiger partial charge < -0.3 is 14.6 Å². The van der Waals surface area contributed by atoms with Gasteiger partial charge in [-0.1, -0.05) is 18.0 Å². The molecule has 6 nitrogen and oxygen atoms in total. The summed E-state index contributed by atoms with van der Waals surface area (Å²) in [6, 6.07) is 7.40. The van der Waals surface area contributed by atoms with Crippen molar-refractivity contribution in [2.24, 2.45) is 0 Å². The normalized spacial score (nSPS) is 15.0. The van der Waals surface area contributed by atoms with Gasteiger partial charge in [0, 0.05) is 18.5 Å². The second-order valence-electron chi connectivity index (χ2n) is 5.50. The zero-order chi connectivity index (χ0) is 15.4. The highest BCUT2D eigenvalue weighted by molar-refractivity contribution is 5.94. The average molecular weight is 301 g/mol. The highest BCUT2D eigenvalue weighted by Gasteiger charge is 2.17. The van der Waals surface area contributed by atoms with E-state index < -0.39 is 0 Å². The van der Waals surface area contributed by atoms with Crippen molar-refractivity contribution in [3.05, 3.63) is 41.5 Å². The molecule has 1 amide bonds. The first-order valence-corrected chi connectivity index (χ1v) is 7.53. The van der Waals surface area contributed by atoms with Gasteiger partial charge in [-0.2, -0.15) is 4.98 Å². The van der Waals surface area contributed by atoms with E-state index >= 15 is 0 Å². The Labute approximate surface area is 128 Å². The van der Waals surface area contributed by atoms with E-state index in [1.807, 2.05) is 0 Å². The van der Waals surface area contributed by atoms with Crippen molar-refractivity contribution < 1.29 is 14.1 Å². The Morgan fingerprint density at radius 1 is 1.32 bits per heavy atom. The maximum Gasteiger partial charge on any atom is 0.251 e. The second kappa shape index (κ2) is 6.60. The van der Waals surface area contributed by atoms with Gasteiger partial charge in [-0.25, -0.2) is 0 Å². The Bertz CT molecular complexity index is 630. The summed E-state index contributed by atoms with van der Waals surface area (Å²) in [4.78, 5) is 16.2. The van der Waals surface area contributed by atoms with Gasteiger partial charge in [-0.15, -0.1) is 0 Å². The Kier molecular flexibility index (Phi) is 4.37. The van der Waals surface area contributed by atoms with Gasteiger partial charge in [0.1, 0.15) is 5.75 Å². The summed E-state index contributed by atoms with van der Waals surface area (Å²) in [5.74, 6) is 1.66. The van der Waals surface area contributed by atoms with Crippen LogP contribution < -0.4 is 10.1 Å². The summed E-state index contributed by atoms with van der Waals surface area (Å²) in [5.41, 5.74) is 0.648. The maximum atomic E-state index is 12.1. The first-order chi connectivity index (χ1) is 10.7. The molecular formula is C16H19N3O3. The molecule has 2 aromatic rings. The van der Waals surface area contributed by atoms with Crippen LogP contribution in [0.4, 0.5) is 0 Å². The van der Waals surface area contributed by atoms with Gasteiger partial charge in [0.05, 0.1) is 0 Å². The molecule has 0 saturated heterocycles. The number of aromatic nitrogens is 2. The van der Waals surface area contributed by atoms with Crippen LogP contribution in [0.5, 0.6) is 5.75 Å². The van der Waals surface area contributed by atoms with Crippen LogP contribution in [-0.2, 0) is 6.61 Å². The fourth-order valence-corrected chi connectivity index (χ4v) is 2.59. The number of nitrogens with one attached hydrogen (secondary N) is 1. The van der Waals surface area contributed by atoms with E-state index in [-0.39, 0.29) is 12.5 Å². The smallest absolute Gasteiger partial charge is 0.251 e. The van der Waals surface area contributed by atoms with E-state index in [0.717, 1.165) is 12.8 Å². The largest absolute Gasteiger partial charge is 0.485 e. The summed E-state index contributed by atoms with van der Waals surface area (Å²) >= 11 is 0. The highest BCUT2D eigenvalue weighted by atomic mass is 16.5. The molecule has 1 heterocycles. The number of ether oxygens (including phenoxy) is 1. The third kappa shape index (κ3) is 3.63. The number of nitrogens with zero attached hydrogens (tertiary/aromatic N) is 2. The van der Waals surface area contributed by atoms with Crippen LogP contribution in [-0.4, -0.2) is 22.1 Å². The minimum absolute atomic E-state index is 0.0211. The molecule has 0 unspecified atom stereocenters. The molecule has 1 aliphatic carbocycles. The first-order valence-electron chi connectivity index (χ1n) is 7.53. The molecule has 1 aromatic carbocycles. The van der Waals surface area contributed by atoms with Crippen LogP contribution >= 0.6 is 0 Å². The number of carbonyl (C=O) groups excluding carboxylic acids is 1. The molecule has 0 bridgehead atoms. The summed E-state index contributed by atoms with van der Waals surface area (Å²) < 4.78 is 10.4. The minimum Gasteiger partial charge on any atom is -0.485 e. The first kappa shape index (κ1) is 14.6. The van der Waals surface area contributed by atoms with Crippen LogP contribution in [0.15, 0.2) is 28.8 Å². The summed E-state index contributed by atoms with van der Waals surface area (Å²) in [6.07, 6.45) is 4.56. The Morgan fingerprint density at radius 3 is 2.68 bits per heavy atom. The van der Waals surface area contributed by atoms with E-state index in [1.54, 1.807) is 31.2 Å². The second-order valence-corrected chi connectivity index (χ2v) is 5.50. The number of aryl methyl sites for hydroxylation is 1. The predicted octanol–water partition coefficient (Wildman–Crippen LogP) is 2.63. The number of hydrogen-bond acceptors (Lipinski definition) is 5. The van der Waals surface area contributed by atoms with Crippen LogP contribution in [0.2, 0.25) is 0 Å². The van der Waals surface area contributed by atoms with Crippen molar-refractivity contribution in [3.63, 3.8) is 0 Å². The Morgan fingerprint density at radius 2 is 2.05 bits per heavy atom. The van der Waals surface area contributed by atoms with E-state index in [0.29, 0.717) is 29.1 Å². The van der Waals surface area contributed by atoms with Gasteiger partial charge in [-0.05, 0) is 37.1 Å². The van der Waals surface area contributed by atoms with Crippen LogP contribution in [0.3, 0.4) is 0 Å². The van der Waals surface area contributed by atoms with Crippen LogP contribution in [0.1, 0.15) is 47.8 Å². The van der Waals surface area contributed by atoms with E-state index in [2.05, 4.69) is 15.5 Å². The molecule has 0 atom stereocenters. The molecule has 22 heavy (non-hydrogen) atoms. The number of hydrogen-bond donors (Lipinski definition) is 1. The zero-order valence-corrected chi connectivity index (χ0v) is 12.5. The molecule has 6 heteroatoms. The third-order valence-electron chi connectivity index (χ3n) is 3.74. The lowest BCUT2D eigenvalue weighted by Gasteiger charge is -2.12. The zero-order valence-electron chi connectivity index (χ0n) is 12.5. The van der Waals surface area contributed by atoms with Crippen LogP contribution in [0, 0.1) is 6.92 Å². The van der Waals surface area contributed by atoms with Crippen molar-refractivity contribution in [2.75, 3.05) is 0 Å². The fourth-order valence-electron chi connectivity index (χ4n) is 2.59. The molecule has 0 spiro atoms. The van der Waals surface area contributed by atoms with Gasteiger partial charge in [0.25, 0.3) is 5.91 Å². The van der Waals surface area contributed by atoms with Gasteiger partial charge in [0.2, 0.25) is 11.7 Å². The van der Waals surface area contributed by atoms with Crippen molar-refractivity contribution in [2.45, 2.75) is 45.3 Å². The summed E-state index contributed by atoms with van der Waals surface area (Å²) in [6.45, 7) is 1.97. The third-order valence-corrected chi connectivity index (χ3v) is 3.74. The molecule has 3 rings (SSSR count). The lowest BCUT2D eigenvalue weighted by molar-refractivity contribution is 0.0938.